The number of carboxylic acid groups (broad SMARTS) is 1. The van der Waals surface area contributed by atoms with Crippen molar-refractivity contribution in [3.05, 3.63) is 34.9 Å². The first kappa shape index (κ1) is 17.6. The molecule has 23 heavy (non-hydrogen) atoms. The molecule has 1 unspecified atom stereocenters. The third-order valence-electron chi connectivity index (χ3n) is 3.78. The first-order valence-electron chi connectivity index (χ1n) is 7.60. The van der Waals surface area contributed by atoms with Gasteiger partial charge in [0, 0.05) is 10.6 Å². The lowest BCUT2D eigenvalue weighted by molar-refractivity contribution is -0.139. The normalized spacial score (nSPS) is 17.2. The SMILES string of the molecule is CC(C)(C)OC(=O)NC1(CC(C(=O)O)c2ccc(Cl)cc2)CC1. The summed E-state index contributed by atoms with van der Waals surface area (Å²) in [5.74, 6) is -1.60. The van der Waals surface area contributed by atoms with Gasteiger partial charge in [-0.2, -0.15) is 0 Å². The molecule has 5 nitrogen and oxygen atoms in total. The van der Waals surface area contributed by atoms with E-state index in [1.807, 2.05) is 0 Å². The van der Waals surface area contributed by atoms with E-state index in [0.717, 1.165) is 12.8 Å². The summed E-state index contributed by atoms with van der Waals surface area (Å²) in [5, 5.41) is 12.9. The Labute approximate surface area is 141 Å². The maximum absolute atomic E-state index is 11.9. The van der Waals surface area contributed by atoms with Gasteiger partial charge >= 0.3 is 12.1 Å². The first-order chi connectivity index (χ1) is 10.6. The van der Waals surface area contributed by atoms with E-state index in [0.29, 0.717) is 17.0 Å². The van der Waals surface area contributed by atoms with Crippen LogP contribution in [0.5, 0.6) is 0 Å². The highest BCUT2D eigenvalue weighted by Gasteiger charge is 2.47. The van der Waals surface area contributed by atoms with Crippen molar-refractivity contribution < 1.29 is 19.4 Å². The van der Waals surface area contributed by atoms with E-state index in [1.54, 1.807) is 45.0 Å². The number of ether oxygens (including phenoxy) is 1. The second kappa shape index (κ2) is 6.40. The molecule has 0 heterocycles. The zero-order valence-corrected chi connectivity index (χ0v) is 14.3. The Bertz CT molecular complexity index is 588. The molecule has 6 heteroatoms. The van der Waals surface area contributed by atoms with Crippen LogP contribution in [0.25, 0.3) is 0 Å². The molecule has 0 bridgehead atoms. The lowest BCUT2D eigenvalue weighted by Gasteiger charge is -2.25. The molecule has 0 aromatic heterocycles. The van der Waals surface area contributed by atoms with Gasteiger partial charge in [0.05, 0.1) is 5.92 Å². The lowest BCUT2D eigenvalue weighted by Crippen LogP contribution is -2.42. The van der Waals surface area contributed by atoms with E-state index >= 15 is 0 Å². The van der Waals surface area contributed by atoms with Crippen molar-refractivity contribution in [2.75, 3.05) is 0 Å². The number of carbonyl (C=O) groups excluding carboxylic acids is 1. The van der Waals surface area contributed by atoms with Gasteiger partial charge in [0.25, 0.3) is 0 Å². The average molecular weight is 340 g/mol. The van der Waals surface area contributed by atoms with Crippen molar-refractivity contribution >= 4 is 23.7 Å². The molecule has 1 aromatic carbocycles. The highest BCUT2D eigenvalue weighted by molar-refractivity contribution is 6.30. The molecule has 0 saturated heterocycles. The van der Waals surface area contributed by atoms with Gasteiger partial charge in [-0.05, 0) is 57.7 Å². The molecule has 1 fully saturated rings. The average Bonchev–Trinajstić information content (AvgIpc) is 3.14. The maximum atomic E-state index is 11.9. The number of amides is 1. The van der Waals surface area contributed by atoms with Crippen LogP contribution in [0.1, 0.15) is 51.5 Å². The molecule has 1 aromatic rings. The molecule has 1 amide bonds. The zero-order valence-electron chi connectivity index (χ0n) is 13.6. The Morgan fingerprint density at radius 3 is 2.30 bits per heavy atom. The van der Waals surface area contributed by atoms with Gasteiger partial charge in [-0.25, -0.2) is 4.79 Å². The quantitative estimate of drug-likeness (QED) is 0.851. The molecular weight excluding hydrogens is 318 g/mol. The molecule has 0 spiro atoms. The summed E-state index contributed by atoms with van der Waals surface area (Å²) in [7, 11) is 0. The Hall–Kier alpha value is -1.75. The van der Waals surface area contributed by atoms with E-state index in [4.69, 9.17) is 16.3 Å². The first-order valence-corrected chi connectivity index (χ1v) is 7.97. The summed E-state index contributed by atoms with van der Waals surface area (Å²) in [5.41, 5.74) is -0.396. The number of aliphatic carboxylic acids is 1. The zero-order chi connectivity index (χ0) is 17.3. The van der Waals surface area contributed by atoms with E-state index in [9.17, 15) is 14.7 Å². The minimum atomic E-state index is -0.912. The standard InChI is InChI=1S/C17H22ClNO4/c1-16(2,3)23-15(22)19-17(8-9-17)10-13(14(20)21)11-4-6-12(18)7-5-11/h4-7,13H,8-10H2,1-3H3,(H,19,22)(H,20,21). The van der Waals surface area contributed by atoms with Crippen LogP contribution < -0.4 is 5.32 Å². The van der Waals surface area contributed by atoms with Gasteiger partial charge in [0.15, 0.2) is 0 Å². The molecule has 2 N–H and O–H groups in total. The van der Waals surface area contributed by atoms with Crippen molar-refractivity contribution in [2.24, 2.45) is 0 Å². The Kier molecular flexibility index (Phi) is 4.90. The maximum Gasteiger partial charge on any atom is 0.408 e. The van der Waals surface area contributed by atoms with Gasteiger partial charge in [-0.1, -0.05) is 23.7 Å². The monoisotopic (exact) mass is 339 g/mol. The van der Waals surface area contributed by atoms with Crippen molar-refractivity contribution in [3.8, 4) is 0 Å². The predicted octanol–water partition coefficient (Wildman–Crippen LogP) is 3.96. The van der Waals surface area contributed by atoms with Crippen LogP contribution in [0.15, 0.2) is 24.3 Å². The van der Waals surface area contributed by atoms with Crippen molar-refractivity contribution in [3.63, 3.8) is 0 Å². The fraction of sp³-hybridized carbons (Fsp3) is 0.529. The number of alkyl carbamates (subject to hydrolysis) is 1. The van der Waals surface area contributed by atoms with Crippen LogP contribution in [0.4, 0.5) is 4.79 Å². The van der Waals surface area contributed by atoms with Crippen molar-refractivity contribution in [1.29, 1.82) is 0 Å². The fourth-order valence-corrected chi connectivity index (χ4v) is 2.61. The Morgan fingerprint density at radius 1 is 1.30 bits per heavy atom. The smallest absolute Gasteiger partial charge is 0.408 e. The number of halogens is 1. The molecule has 0 aliphatic heterocycles. The number of rotatable bonds is 5. The van der Waals surface area contributed by atoms with Crippen molar-refractivity contribution in [1.82, 2.24) is 5.32 Å². The summed E-state index contributed by atoms with van der Waals surface area (Å²) in [6.07, 6.45) is 1.34. The van der Waals surface area contributed by atoms with Gasteiger partial charge in [-0.15, -0.1) is 0 Å². The number of hydrogen-bond donors (Lipinski definition) is 2. The van der Waals surface area contributed by atoms with Crippen LogP contribution in [0.2, 0.25) is 5.02 Å². The number of carbonyl (C=O) groups is 2. The Balaban J connectivity index is 2.06. The van der Waals surface area contributed by atoms with Gasteiger partial charge in [-0.3, -0.25) is 4.79 Å². The summed E-state index contributed by atoms with van der Waals surface area (Å²) in [6, 6.07) is 6.77. The lowest BCUT2D eigenvalue weighted by atomic mass is 9.91. The van der Waals surface area contributed by atoms with Gasteiger partial charge in [0.1, 0.15) is 5.60 Å². The fourth-order valence-electron chi connectivity index (χ4n) is 2.48. The van der Waals surface area contributed by atoms with Crippen LogP contribution in [0, 0.1) is 0 Å². The topological polar surface area (TPSA) is 75.6 Å². The summed E-state index contributed by atoms with van der Waals surface area (Å²) < 4.78 is 5.26. The Morgan fingerprint density at radius 2 is 1.87 bits per heavy atom. The molecule has 1 aliphatic rings. The second-order valence-electron chi connectivity index (χ2n) is 7.05. The van der Waals surface area contributed by atoms with E-state index in [1.165, 1.54) is 0 Å². The summed E-state index contributed by atoms with van der Waals surface area (Å²) >= 11 is 5.85. The number of nitrogens with one attached hydrogen (secondary N) is 1. The third-order valence-corrected chi connectivity index (χ3v) is 4.04. The predicted molar refractivity (Wildman–Crippen MR) is 87.8 cm³/mol. The van der Waals surface area contributed by atoms with Crippen LogP contribution >= 0.6 is 11.6 Å². The van der Waals surface area contributed by atoms with Crippen LogP contribution in [-0.2, 0) is 9.53 Å². The molecule has 2 rings (SSSR count). The second-order valence-corrected chi connectivity index (χ2v) is 7.49. The largest absolute Gasteiger partial charge is 0.481 e. The number of benzene rings is 1. The number of hydrogen-bond acceptors (Lipinski definition) is 3. The third kappa shape index (κ3) is 5.13. The number of carboxylic acids is 1. The van der Waals surface area contributed by atoms with Gasteiger partial charge in [0.2, 0.25) is 0 Å². The highest BCUT2D eigenvalue weighted by atomic mass is 35.5. The molecule has 1 aliphatic carbocycles. The minimum absolute atomic E-state index is 0.337. The van der Waals surface area contributed by atoms with E-state index in [-0.39, 0.29) is 0 Å². The molecular formula is C17H22ClNO4. The molecule has 0 radical (unpaired) electrons. The summed E-state index contributed by atoms with van der Waals surface area (Å²) in [6.45, 7) is 5.37. The summed E-state index contributed by atoms with van der Waals surface area (Å²) in [4.78, 5) is 23.6. The van der Waals surface area contributed by atoms with Crippen LogP contribution in [0.3, 0.4) is 0 Å². The molecule has 1 atom stereocenters. The minimum Gasteiger partial charge on any atom is -0.481 e. The van der Waals surface area contributed by atoms with Crippen molar-refractivity contribution in [2.45, 2.75) is 57.1 Å². The molecule has 1 saturated carbocycles. The van der Waals surface area contributed by atoms with E-state index in [2.05, 4.69) is 5.32 Å². The highest BCUT2D eigenvalue weighted by Crippen LogP contribution is 2.44. The van der Waals surface area contributed by atoms with Gasteiger partial charge < -0.3 is 15.2 Å². The molecule has 126 valence electrons. The van der Waals surface area contributed by atoms with E-state index < -0.39 is 29.1 Å². The van der Waals surface area contributed by atoms with Crippen LogP contribution in [-0.4, -0.2) is 28.3 Å².